The lowest BCUT2D eigenvalue weighted by atomic mass is 10.0. The van der Waals surface area contributed by atoms with Crippen molar-refractivity contribution in [1.82, 2.24) is 15.5 Å². The molecule has 0 radical (unpaired) electrons. The highest BCUT2D eigenvalue weighted by atomic mass is 16.6. The van der Waals surface area contributed by atoms with E-state index >= 15 is 0 Å². The van der Waals surface area contributed by atoms with Crippen LogP contribution in [0.1, 0.15) is 27.2 Å². The molecule has 0 saturated carbocycles. The molecular formula is C12H24N4O3. The van der Waals surface area contributed by atoms with Crippen molar-refractivity contribution in [3.05, 3.63) is 0 Å². The van der Waals surface area contributed by atoms with Crippen molar-refractivity contribution in [2.24, 2.45) is 0 Å². The molecule has 110 valence electrons. The lowest BCUT2D eigenvalue weighted by molar-refractivity contribution is -0.000990. The van der Waals surface area contributed by atoms with Gasteiger partial charge in [0.1, 0.15) is 5.60 Å². The van der Waals surface area contributed by atoms with Crippen LogP contribution in [0.4, 0.5) is 4.79 Å². The zero-order valence-electron chi connectivity index (χ0n) is 12.0. The lowest BCUT2D eigenvalue weighted by Crippen LogP contribution is -2.56. The molecule has 0 aromatic carbocycles. The number of hydrogen-bond donors (Lipinski definition) is 4. The number of aliphatic hydroxyl groups is 1. The number of carbonyl (C=O) groups excluding carboxylic acids is 1. The maximum absolute atomic E-state index is 12.0. The molecule has 7 nitrogen and oxygen atoms in total. The molecule has 0 aliphatic carbocycles. The van der Waals surface area contributed by atoms with Gasteiger partial charge in [-0.1, -0.05) is 0 Å². The highest BCUT2D eigenvalue weighted by molar-refractivity contribution is 5.76. The van der Waals surface area contributed by atoms with Gasteiger partial charge < -0.3 is 25.4 Å². The Kier molecular flexibility index (Phi) is 4.99. The Hall–Kier alpha value is -1.50. The third-order valence-electron chi connectivity index (χ3n) is 2.68. The van der Waals surface area contributed by atoms with Gasteiger partial charge in [-0.25, -0.2) is 4.79 Å². The molecule has 0 spiro atoms. The number of nitrogens with one attached hydrogen (secondary N) is 3. The van der Waals surface area contributed by atoms with E-state index in [2.05, 4.69) is 10.6 Å². The molecule has 1 aliphatic heterocycles. The number of amides is 1. The first-order valence-corrected chi connectivity index (χ1v) is 6.40. The van der Waals surface area contributed by atoms with Crippen LogP contribution in [0.3, 0.4) is 0 Å². The van der Waals surface area contributed by atoms with Gasteiger partial charge in [0, 0.05) is 19.6 Å². The monoisotopic (exact) mass is 272 g/mol. The third kappa shape index (κ3) is 5.34. The SMILES string of the molecule is CNC(=N)N[C@H]1C[C@@H](O)CN(C(=O)OC(C)(C)C)C1. The number of ether oxygens (including phenoxy) is 1. The first-order chi connectivity index (χ1) is 8.71. The van der Waals surface area contributed by atoms with Crippen molar-refractivity contribution in [3.63, 3.8) is 0 Å². The second-order valence-electron chi connectivity index (χ2n) is 5.74. The van der Waals surface area contributed by atoms with Gasteiger partial charge in [-0.05, 0) is 27.2 Å². The van der Waals surface area contributed by atoms with Crippen LogP contribution in [0.15, 0.2) is 0 Å². The molecule has 0 unspecified atom stereocenters. The number of rotatable bonds is 1. The summed E-state index contributed by atoms with van der Waals surface area (Å²) in [6.07, 6.45) is -0.541. The van der Waals surface area contributed by atoms with Gasteiger partial charge in [-0.2, -0.15) is 0 Å². The summed E-state index contributed by atoms with van der Waals surface area (Å²) in [7, 11) is 1.64. The largest absolute Gasteiger partial charge is 0.444 e. The average Bonchev–Trinajstić information content (AvgIpc) is 2.25. The Labute approximate surface area is 113 Å². The minimum absolute atomic E-state index is 0.156. The van der Waals surface area contributed by atoms with Gasteiger partial charge in [-0.15, -0.1) is 0 Å². The number of nitrogens with zero attached hydrogens (tertiary/aromatic N) is 1. The highest BCUT2D eigenvalue weighted by Crippen LogP contribution is 2.15. The van der Waals surface area contributed by atoms with Crippen LogP contribution in [0.5, 0.6) is 0 Å². The Morgan fingerprint density at radius 2 is 2.05 bits per heavy atom. The molecule has 4 N–H and O–H groups in total. The number of carbonyl (C=O) groups is 1. The van der Waals surface area contributed by atoms with E-state index in [1.165, 1.54) is 4.90 Å². The van der Waals surface area contributed by atoms with Crippen LogP contribution in [-0.2, 0) is 4.74 Å². The predicted molar refractivity (Wildman–Crippen MR) is 72.1 cm³/mol. The standard InChI is InChI=1S/C12H24N4O3/c1-12(2,3)19-11(18)16-6-8(5-9(17)7-16)15-10(13)14-4/h8-9,17H,5-7H2,1-4H3,(H3,13,14,15)/t8-,9+/m0/s1. The summed E-state index contributed by atoms with van der Waals surface area (Å²) in [5, 5.41) is 22.9. The van der Waals surface area contributed by atoms with Crippen molar-refractivity contribution in [2.45, 2.75) is 44.9 Å². The van der Waals surface area contributed by atoms with E-state index in [-0.39, 0.29) is 18.5 Å². The normalized spacial score (nSPS) is 23.7. The molecular weight excluding hydrogens is 248 g/mol. The summed E-state index contributed by atoms with van der Waals surface area (Å²) in [5.41, 5.74) is -0.555. The van der Waals surface area contributed by atoms with E-state index in [0.29, 0.717) is 13.0 Å². The number of β-amino-alcohol motifs (C(OH)–C–C–N with tert-alkyl or cyclic N) is 1. The number of guanidine groups is 1. The van der Waals surface area contributed by atoms with Gasteiger partial charge in [0.15, 0.2) is 5.96 Å². The first kappa shape index (κ1) is 15.6. The molecule has 1 rings (SSSR count). The van der Waals surface area contributed by atoms with E-state index < -0.39 is 17.8 Å². The number of likely N-dealkylation sites (tertiary alicyclic amines) is 1. The molecule has 1 heterocycles. The van der Waals surface area contributed by atoms with Crippen LogP contribution >= 0.6 is 0 Å². The van der Waals surface area contributed by atoms with Crippen molar-refractivity contribution >= 4 is 12.1 Å². The molecule has 7 heteroatoms. The summed E-state index contributed by atoms with van der Waals surface area (Å²) < 4.78 is 5.28. The van der Waals surface area contributed by atoms with Crippen molar-refractivity contribution < 1.29 is 14.6 Å². The molecule has 1 aliphatic rings. The van der Waals surface area contributed by atoms with Gasteiger partial charge >= 0.3 is 6.09 Å². The van der Waals surface area contributed by atoms with Gasteiger partial charge in [0.25, 0.3) is 0 Å². The van der Waals surface area contributed by atoms with Crippen molar-refractivity contribution in [1.29, 1.82) is 5.41 Å². The topological polar surface area (TPSA) is 97.7 Å². The second kappa shape index (κ2) is 6.10. The zero-order valence-corrected chi connectivity index (χ0v) is 12.0. The number of piperidine rings is 1. The zero-order chi connectivity index (χ0) is 14.6. The van der Waals surface area contributed by atoms with E-state index in [0.717, 1.165) is 0 Å². The van der Waals surface area contributed by atoms with Gasteiger partial charge in [-0.3, -0.25) is 5.41 Å². The fourth-order valence-corrected chi connectivity index (χ4v) is 1.93. The van der Waals surface area contributed by atoms with Crippen LogP contribution in [0.25, 0.3) is 0 Å². The van der Waals surface area contributed by atoms with Crippen LogP contribution in [0.2, 0.25) is 0 Å². The van der Waals surface area contributed by atoms with Crippen molar-refractivity contribution in [3.8, 4) is 0 Å². The number of hydrogen-bond acceptors (Lipinski definition) is 4. The summed E-state index contributed by atoms with van der Waals surface area (Å²) in [5.74, 6) is 0.170. The number of aliphatic hydroxyl groups excluding tert-OH is 1. The van der Waals surface area contributed by atoms with Crippen molar-refractivity contribution in [2.75, 3.05) is 20.1 Å². The Bertz CT molecular complexity index is 340. The van der Waals surface area contributed by atoms with E-state index in [9.17, 15) is 9.90 Å². The first-order valence-electron chi connectivity index (χ1n) is 6.40. The quantitative estimate of drug-likeness (QED) is 0.401. The summed E-state index contributed by atoms with van der Waals surface area (Å²) in [4.78, 5) is 13.4. The maximum Gasteiger partial charge on any atom is 0.410 e. The third-order valence-corrected chi connectivity index (χ3v) is 2.68. The summed E-state index contributed by atoms with van der Waals surface area (Å²) >= 11 is 0. The van der Waals surface area contributed by atoms with Crippen LogP contribution < -0.4 is 10.6 Å². The second-order valence-corrected chi connectivity index (χ2v) is 5.74. The minimum Gasteiger partial charge on any atom is -0.444 e. The maximum atomic E-state index is 12.0. The molecule has 1 amide bonds. The van der Waals surface area contributed by atoms with Crippen LogP contribution in [0, 0.1) is 5.41 Å². The molecule has 1 saturated heterocycles. The Morgan fingerprint density at radius 1 is 1.42 bits per heavy atom. The van der Waals surface area contributed by atoms with E-state index in [1.54, 1.807) is 27.8 Å². The van der Waals surface area contributed by atoms with Gasteiger partial charge in [0.05, 0.1) is 12.6 Å². The summed E-state index contributed by atoms with van der Waals surface area (Å²) in [6, 6.07) is -0.156. The van der Waals surface area contributed by atoms with E-state index in [1.807, 2.05) is 0 Å². The fourth-order valence-electron chi connectivity index (χ4n) is 1.93. The molecule has 0 aromatic heterocycles. The smallest absolute Gasteiger partial charge is 0.410 e. The Balaban J connectivity index is 2.59. The molecule has 2 atom stereocenters. The van der Waals surface area contributed by atoms with Gasteiger partial charge in [0.2, 0.25) is 0 Å². The molecule has 0 bridgehead atoms. The van der Waals surface area contributed by atoms with Crippen LogP contribution in [-0.4, -0.2) is 59.9 Å². The molecule has 19 heavy (non-hydrogen) atoms. The fraction of sp³-hybridized carbons (Fsp3) is 0.833. The highest BCUT2D eigenvalue weighted by Gasteiger charge is 2.31. The molecule has 0 aromatic rings. The average molecular weight is 272 g/mol. The summed E-state index contributed by atoms with van der Waals surface area (Å²) in [6.45, 7) is 6.09. The lowest BCUT2D eigenvalue weighted by Gasteiger charge is -2.37. The molecule has 1 fully saturated rings. The Morgan fingerprint density at radius 3 is 2.58 bits per heavy atom. The predicted octanol–water partition coefficient (Wildman–Crippen LogP) is 0.100. The van der Waals surface area contributed by atoms with E-state index in [4.69, 9.17) is 10.1 Å². The minimum atomic E-state index is -0.608.